The standard InChI is InChI=1S/C15H24N2O/c1-3-15(2)13-16-9-10-17(15)11-12-18-14-7-5-4-6-8-14/h4-8,16H,3,9-13H2,1-2H3. The lowest BCUT2D eigenvalue weighted by molar-refractivity contribution is 0.0575. The number of hydrogen-bond acceptors (Lipinski definition) is 3. The second-order valence-corrected chi connectivity index (χ2v) is 5.18. The highest BCUT2D eigenvalue weighted by Crippen LogP contribution is 2.20. The molecule has 1 fully saturated rings. The number of nitrogens with zero attached hydrogens (tertiary/aromatic N) is 1. The molecule has 1 aromatic rings. The van der Waals surface area contributed by atoms with Crippen molar-refractivity contribution in [2.75, 3.05) is 32.8 Å². The molecule has 1 heterocycles. The highest BCUT2D eigenvalue weighted by Gasteiger charge is 2.32. The van der Waals surface area contributed by atoms with Crippen LogP contribution in [0.5, 0.6) is 5.75 Å². The van der Waals surface area contributed by atoms with Crippen molar-refractivity contribution in [3.8, 4) is 5.75 Å². The third-order valence-electron chi connectivity index (χ3n) is 3.96. The summed E-state index contributed by atoms with van der Waals surface area (Å²) in [6, 6.07) is 10.1. The number of benzene rings is 1. The number of nitrogens with one attached hydrogen (secondary N) is 1. The van der Waals surface area contributed by atoms with E-state index in [0.29, 0.717) is 0 Å². The molecule has 1 aliphatic heterocycles. The molecule has 18 heavy (non-hydrogen) atoms. The molecule has 0 aliphatic carbocycles. The number of rotatable bonds is 5. The lowest BCUT2D eigenvalue weighted by Gasteiger charge is -2.44. The van der Waals surface area contributed by atoms with Crippen LogP contribution in [0.25, 0.3) is 0 Å². The van der Waals surface area contributed by atoms with Gasteiger partial charge >= 0.3 is 0 Å². The Morgan fingerprint density at radius 3 is 2.83 bits per heavy atom. The van der Waals surface area contributed by atoms with Crippen molar-refractivity contribution < 1.29 is 4.74 Å². The van der Waals surface area contributed by atoms with Gasteiger partial charge in [0.05, 0.1) is 0 Å². The van der Waals surface area contributed by atoms with Gasteiger partial charge in [-0.15, -0.1) is 0 Å². The fourth-order valence-electron chi connectivity index (χ4n) is 2.47. The van der Waals surface area contributed by atoms with Crippen molar-refractivity contribution in [2.45, 2.75) is 25.8 Å². The molecule has 0 spiro atoms. The van der Waals surface area contributed by atoms with Gasteiger partial charge in [0.15, 0.2) is 0 Å². The summed E-state index contributed by atoms with van der Waals surface area (Å²) in [5.74, 6) is 0.964. The average Bonchev–Trinajstić information content (AvgIpc) is 2.42. The Morgan fingerprint density at radius 1 is 1.33 bits per heavy atom. The predicted octanol–water partition coefficient (Wildman–Crippen LogP) is 2.14. The van der Waals surface area contributed by atoms with Gasteiger partial charge in [-0.3, -0.25) is 4.90 Å². The highest BCUT2D eigenvalue weighted by atomic mass is 16.5. The number of hydrogen-bond donors (Lipinski definition) is 1. The zero-order valence-corrected chi connectivity index (χ0v) is 11.5. The summed E-state index contributed by atoms with van der Waals surface area (Å²) in [4.78, 5) is 2.55. The van der Waals surface area contributed by atoms with Crippen molar-refractivity contribution in [2.24, 2.45) is 0 Å². The van der Waals surface area contributed by atoms with Crippen molar-refractivity contribution in [3.05, 3.63) is 30.3 Å². The zero-order chi connectivity index (χ0) is 12.8. The Labute approximate surface area is 110 Å². The summed E-state index contributed by atoms with van der Waals surface area (Å²) >= 11 is 0. The van der Waals surface area contributed by atoms with Crippen LogP contribution in [0, 0.1) is 0 Å². The van der Waals surface area contributed by atoms with E-state index in [1.165, 1.54) is 6.42 Å². The molecule has 100 valence electrons. The van der Waals surface area contributed by atoms with Gasteiger partial charge in [-0.05, 0) is 25.5 Å². The largest absolute Gasteiger partial charge is 0.492 e. The minimum atomic E-state index is 0.276. The molecule has 0 radical (unpaired) electrons. The van der Waals surface area contributed by atoms with Crippen LogP contribution in [0.2, 0.25) is 0 Å². The second-order valence-electron chi connectivity index (χ2n) is 5.18. The molecule has 1 N–H and O–H groups in total. The summed E-state index contributed by atoms with van der Waals surface area (Å²) in [5, 5.41) is 3.48. The molecule has 3 nitrogen and oxygen atoms in total. The predicted molar refractivity (Wildman–Crippen MR) is 75.1 cm³/mol. The molecule has 1 atom stereocenters. The summed E-state index contributed by atoms with van der Waals surface area (Å²) in [5.41, 5.74) is 0.276. The Balaban J connectivity index is 1.82. The monoisotopic (exact) mass is 248 g/mol. The van der Waals surface area contributed by atoms with E-state index in [4.69, 9.17) is 4.74 Å². The van der Waals surface area contributed by atoms with Crippen molar-refractivity contribution in [1.29, 1.82) is 0 Å². The molecule has 0 saturated carbocycles. The van der Waals surface area contributed by atoms with Gasteiger partial charge in [-0.1, -0.05) is 25.1 Å². The lowest BCUT2D eigenvalue weighted by atomic mass is 9.94. The number of para-hydroxylation sites is 1. The molecule has 1 saturated heterocycles. The molecule has 0 bridgehead atoms. The molecular weight excluding hydrogens is 224 g/mol. The van der Waals surface area contributed by atoms with Gasteiger partial charge < -0.3 is 10.1 Å². The maximum absolute atomic E-state index is 5.78. The van der Waals surface area contributed by atoms with Crippen LogP contribution in [0.4, 0.5) is 0 Å². The van der Waals surface area contributed by atoms with Crippen LogP contribution < -0.4 is 10.1 Å². The Morgan fingerprint density at radius 2 is 2.11 bits per heavy atom. The molecule has 2 rings (SSSR count). The fraction of sp³-hybridized carbons (Fsp3) is 0.600. The van der Waals surface area contributed by atoms with Gasteiger partial charge in [-0.2, -0.15) is 0 Å². The Hall–Kier alpha value is -1.06. The van der Waals surface area contributed by atoms with Crippen LogP contribution in [-0.4, -0.2) is 43.2 Å². The normalized spacial score (nSPS) is 25.0. The van der Waals surface area contributed by atoms with Gasteiger partial charge in [0, 0.05) is 31.7 Å². The second kappa shape index (κ2) is 6.21. The van der Waals surface area contributed by atoms with Gasteiger partial charge in [0.1, 0.15) is 12.4 Å². The molecule has 0 aromatic heterocycles. The lowest BCUT2D eigenvalue weighted by Crippen LogP contribution is -2.60. The summed E-state index contributed by atoms with van der Waals surface area (Å²) < 4.78 is 5.78. The van der Waals surface area contributed by atoms with E-state index in [2.05, 4.69) is 24.1 Å². The van der Waals surface area contributed by atoms with Gasteiger partial charge in [-0.25, -0.2) is 0 Å². The van der Waals surface area contributed by atoms with E-state index in [1.807, 2.05) is 30.3 Å². The van der Waals surface area contributed by atoms with Crippen LogP contribution in [-0.2, 0) is 0 Å². The Kier molecular flexibility index (Phi) is 4.61. The van der Waals surface area contributed by atoms with Crippen molar-refractivity contribution >= 4 is 0 Å². The highest BCUT2D eigenvalue weighted by molar-refractivity contribution is 5.20. The molecule has 1 aromatic carbocycles. The quantitative estimate of drug-likeness (QED) is 0.864. The molecule has 1 unspecified atom stereocenters. The first kappa shape index (κ1) is 13.4. The molecular formula is C15H24N2O. The first-order chi connectivity index (χ1) is 8.74. The first-order valence-electron chi connectivity index (χ1n) is 6.88. The summed E-state index contributed by atoms with van der Waals surface area (Å²) in [6.07, 6.45) is 1.17. The third-order valence-corrected chi connectivity index (χ3v) is 3.96. The smallest absolute Gasteiger partial charge is 0.119 e. The average molecular weight is 248 g/mol. The SMILES string of the molecule is CCC1(C)CNCCN1CCOc1ccccc1. The van der Waals surface area contributed by atoms with E-state index >= 15 is 0 Å². The fourth-order valence-corrected chi connectivity index (χ4v) is 2.47. The van der Waals surface area contributed by atoms with Crippen LogP contribution in [0.1, 0.15) is 20.3 Å². The van der Waals surface area contributed by atoms with Crippen molar-refractivity contribution in [3.63, 3.8) is 0 Å². The first-order valence-corrected chi connectivity index (χ1v) is 6.88. The summed E-state index contributed by atoms with van der Waals surface area (Å²) in [7, 11) is 0. The summed E-state index contributed by atoms with van der Waals surface area (Å²) in [6.45, 7) is 9.64. The molecule has 0 amide bonds. The van der Waals surface area contributed by atoms with Gasteiger partial charge in [0.2, 0.25) is 0 Å². The van der Waals surface area contributed by atoms with E-state index < -0.39 is 0 Å². The maximum Gasteiger partial charge on any atom is 0.119 e. The minimum Gasteiger partial charge on any atom is -0.492 e. The van der Waals surface area contributed by atoms with Crippen LogP contribution >= 0.6 is 0 Å². The zero-order valence-electron chi connectivity index (χ0n) is 11.5. The van der Waals surface area contributed by atoms with E-state index in [9.17, 15) is 0 Å². The van der Waals surface area contributed by atoms with Crippen molar-refractivity contribution in [1.82, 2.24) is 10.2 Å². The maximum atomic E-state index is 5.78. The minimum absolute atomic E-state index is 0.276. The number of piperazine rings is 1. The molecule has 1 aliphatic rings. The Bertz CT molecular complexity index is 355. The van der Waals surface area contributed by atoms with Gasteiger partial charge in [0.25, 0.3) is 0 Å². The van der Waals surface area contributed by atoms with E-state index in [-0.39, 0.29) is 5.54 Å². The molecule has 3 heteroatoms. The third kappa shape index (κ3) is 3.24. The van der Waals surface area contributed by atoms with E-state index in [0.717, 1.165) is 38.5 Å². The number of ether oxygens (including phenoxy) is 1. The van der Waals surface area contributed by atoms with Crippen LogP contribution in [0.3, 0.4) is 0 Å². The topological polar surface area (TPSA) is 24.5 Å². The van der Waals surface area contributed by atoms with Crippen LogP contribution in [0.15, 0.2) is 30.3 Å². The van der Waals surface area contributed by atoms with E-state index in [1.54, 1.807) is 0 Å².